The maximum absolute atomic E-state index is 12.5. The van der Waals surface area contributed by atoms with Crippen LogP contribution in [0.5, 0.6) is 5.75 Å². The van der Waals surface area contributed by atoms with Gasteiger partial charge in [0.1, 0.15) is 5.75 Å². The molecule has 4 nitrogen and oxygen atoms in total. The third kappa shape index (κ3) is 2.80. The van der Waals surface area contributed by atoms with E-state index in [0.717, 1.165) is 48.4 Å². The van der Waals surface area contributed by atoms with Gasteiger partial charge in [0, 0.05) is 11.3 Å². The highest BCUT2D eigenvalue weighted by molar-refractivity contribution is 5.98. The maximum atomic E-state index is 12.5. The van der Waals surface area contributed by atoms with Crippen LogP contribution in [0.4, 0.5) is 5.69 Å². The number of carbonyl (C=O) groups excluding carboxylic acids is 1. The van der Waals surface area contributed by atoms with Gasteiger partial charge < -0.3 is 15.4 Å². The molecule has 20 heavy (non-hydrogen) atoms. The van der Waals surface area contributed by atoms with Crippen molar-refractivity contribution < 1.29 is 9.53 Å². The smallest absolute Gasteiger partial charge is 0.244 e. The number of hydrogen-bond donors (Lipinski definition) is 2. The van der Waals surface area contributed by atoms with E-state index in [0.29, 0.717) is 0 Å². The summed E-state index contributed by atoms with van der Waals surface area (Å²) >= 11 is 0. The monoisotopic (exact) mass is 276 g/mol. The van der Waals surface area contributed by atoms with Crippen LogP contribution in [0.15, 0.2) is 12.1 Å². The van der Waals surface area contributed by atoms with Crippen LogP contribution in [-0.4, -0.2) is 25.1 Å². The second-order valence-electron chi connectivity index (χ2n) is 5.76. The van der Waals surface area contributed by atoms with E-state index in [4.69, 9.17) is 4.74 Å². The minimum Gasteiger partial charge on any atom is -0.496 e. The third-order valence-corrected chi connectivity index (χ3v) is 4.17. The summed E-state index contributed by atoms with van der Waals surface area (Å²) in [5, 5.41) is 6.37. The number of nitrogens with one attached hydrogen (secondary N) is 2. The maximum Gasteiger partial charge on any atom is 0.244 e. The normalized spacial score (nSPS) is 22.4. The molecular weight excluding hydrogens is 252 g/mol. The van der Waals surface area contributed by atoms with Gasteiger partial charge in [-0.25, -0.2) is 0 Å². The Bertz CT molecular complexity index is 505. The Morgan fingerprint density at radius 3 is 2.70 bits per heavy atom. The molecule has 1 fully saturated rings. The molecule has 1 amide bonds. The van der Waals surface area contributed by atoms with Crippen molar-refractivity contribution in [3.8, 4) is 5.75 Å². The van der Waals surface area contributed by atoms with Crippen molar-refractivity contribution in [3.05, 3.63) is 23.3 Å². The fraction of sp³-hybridized carbons (Fsp3) is 0.562. The average molecular weight is 276 g/mol. The number of benzene rings is 1. The lowest BCUT2D eigenvalue weighted by molar-refractivity contribution is -0.122. The summed E-state index contributed by atoms with van der Waals surface area (Å²) in [5.41, 5.74) is 2.40. The summed E-state index contributed by atoms with van der Waals surface area (Å²) in [7, 11) is 1.66. The van der Waals surface area contributed by atoms with Crippen LogP contribution in [0, 0.1) is 13.8 Å². The van der Waals surface area contributed by atoms with E-state index in [-0.39, 0.29) is 5.91 Å². The number of anilines is 1. The van der Waals surface area contributed by atoms with E-state index < -0.39 is 5.54 Å². The van der Waals surface area contributed by atoms with E-state index >= 15 is 0 Å². The van der Waals surface area contributed by atoms with Crippen molar-refractivity contribution >= 4 is 11.6 Å². The lowest BCUT2D eigenvalue weighted by Crippen LogP contribution is -2.54. The predicted molar refractivity (Wildman–Crippen MR) is 81.4 cm³/mol. The van der Waals surface area contributed by atoms with E-state index in [2.05, 4.69) is 10.6 Å². The van der Waals surface area contributed by atoms with Crippen molar-refractivity contribution in [2.75, 3.05) is 19.0 Å². The number of piperidine rings is 1. The van der Waals surface area contributed by atoms with Crippen molar-refractivity contribution in [1.82, 2.24) is 5.32 Å². The summed E-state index contributed by atoms with van der Waals surface area (Å²) in [4.78, 5) is 12.5. The highest BCUT2D eigenvalue weighted by Gasteiger charge is 2.34. The highest BCUT2D eigenvalue weighted by atomic mass is 16.5. The summed E-state index contributed by atoms with van der Waals surface area (Å²) < 4.78 is 5.40. The summed E-state index contributed by atoms with van der Waals surface area (Å²) in [6, 6.07) is 3.91. The zero-order valence-electron chi connectivity index (χ0n) is 12.8. The lowest BCUT2D eigenvalue weighted by atomic mass is 9.90. The molecule has 1 aliphatic rings. The number of ether oxygens (including phenoxy) is 1. The Kier molecular flexibility index (Phi) is 4.33. The molecule has 1 saturated heterocycles. The van der Waals surface area contributed by atoms with Gasteiger partial charge in [-0.05, 0) is 58.2 Å². The summed E-state index contributed by atoms with van der Waals surface area (Å²) in [6.45, 7) is 6.85. The highest BCUT2D eigenvalue weighted by Crippen LogP contribution is 2.30. The van der Waals surface area contributed by atoms with Gasteiger partial charge >= 0.3 is 0 Å². The topological polar surface area (TPSA) is 50.4 Å². The fourth-order valence-corrected chi connectivity index (χ4v) is 2.79. The van der Waals surface area contributed by atoms with Crippen molar-refractivity contribution in [1.29, 1.82) is 0 Å². The van der Waals surface area contributed by atoms with Crippen LogP contribution >= 0.6 is 0 Å². The van der Waals surface area contributed by atoms with E-state index in [1.54, 1.807) is 7.11 Å². The standard InChI is InChI=1S/C16H24N2O2/c1-11-7-8-13(12(2)14(11)20-4)18-15(19)16(3)9-5-6-10-17-16/h7-8,17H,5-6,9-10H2,1-4H3,(H,18,19). The van der Waals surface area contributed by atoms with Gasteiger partial charge in [0.05, 0.1) is 12.6 Å². The second-order valence-corrected chi connectivity index (χ2v) is 5.76. The molecule has 2 N–H and O–H groups in total. The molecule has 2 rings (SSSR count). The van der Waals surface area contributed by atoms with Gasteiger partial charge in [0.2, 0.25) is 5.91 Å². The zero-order valence-corrected chi connectivity index (χ0v) is 12.8. The van der Waals surface area contributed by atoms with E-state index in [9.17, 15) is 4.79 Å². The molecule has 0 aliphatic carbocycles. The fourth-order valence-electron chi connectivity index (χ4n) is 2.79. The average Bonchev–Trinajstić information content (AvgIpc) is 2.43. The summed E-state index contributed by atoms with van der Waals surface area (Å²) in [5.74, 6) is 0.871. The van der Waals surface area contributed by atoms with Crippen molar-refractivity contribution in [3.63, 3.8) is 0 Å². The van der Waals surface area contributed by atoms with Gasteiger partial charge in [0.15, 0.2) is 0 Å². The van der Waals surface area contributed by atoms with Gasteiger partial charge in [-0.3, -0.25) is 4.79 Å². The Balaban J connectivity index is 2.19. The minimum atomic E-state index is -0.469. The van der Waals surface area contributed by atoms with Gasteiger partial charge in [-0.2, -0.15) is 0 Å². The molecule has 1 unspecified atom stereocenters. The Morgan fingerprint density at radius 2 is 2.10 bits per heavy atom. The first-order valence-corrected chi connectivity index (χ1v) is 7.18. The minimum absolute atomic E-state index is 0.0335. The second kappa shape index (κ2) is 5.83. The number of amides is 1. The Labute approximate surface area is 120 Å². The molecule has 0 saturated carbocycles. The van der Waals surface area contributed by atoms with E-state index in [1.807, 2.05) is 32.9 Å². The molecule has 1 aromatic carbocycles. The SMILES string of the molecule is COc1c(C)ccc(NC(=O)C2(C)CCCCN2)c1C. The summed E-state index contributed by atoms with van der Waals surface area (Å²) in [6.07, 6.45) is 3.11. The van der Waals surface area contributed by atoms with Crippen LogP contribution in [0.1, 0.15) is 37.3 Å². The van der Waals surface area contributed by atoms with E-state index in [1.165, 1.54) is 0 Å². The molecular formula is C16H24N2O2. The van der Waals surface area contributed by atoms with Crippen molar-refractivity contribution in [2.45, 2.75) is 45.6 Å². The van der Waals surface area contributed by atoms with Gasteiger partial charge in [0.25, 0.3) is 0 Å². The van der Waals surface area contributed by atoms with Crippen molar-refractivity contribution in [2.24, 2.45) is 0 Å². The van der Waals surface area contributed by atoms with Crippen LogP contribution in [0.2, 0.25) is 0 Å². The number of rotatable bonds is 3. The molecule has 0 radical (unpaired) electrons. The molecule has 0 aromatic heterocycles. The van der Waals surface area contributed by atoms with Crippen LogP contribution < -0.4 is 15.4 Å². The first kappa shape index (κ1) is 14.9. The van der Waals surface area contributed by atoms with Crippen LogP contribution in [0.3, 0.4) is 0 Å². The molecule has 1 aliphatic heterocycles. The molecule has 0 spiro atoms. The number of carbonyl (C=O) groups is 1. The first-order chi connectivity index (χ1) is 9.48. The van der Waals surface area contributed by atoms with Gasteiger partial charge in [-0.1, -0.05) is 6.07 Å². The Hall–Kier alpha value is -1.55. The lowest BCUT2D eigenvalue weighted by Gasteiger charge is -2.33. The third-order valence-electron chi connectivity index (χ3n) is 4.17. The quantitative estimate of drug-likeness (QED) is 0.892. The molecule has 110 valence electrons. The number of hydrogen-bond acceptors (Lipinski definition) is 3. The zero-order chi connectivity index (χ0) is 14.8. The van der Waals surface area contributed by atoms with Crippen LogP contribution in [0.25, 0.3) is 0 Å². The first-order valence-electron chi connectivity index (χ1n) is 7.18. The number of aryl methyl sites for hydroxylation is 1. The number of methoxy groups -OCH3 is 1. The molecule has 4 heteroatoms. The van der Waals surface area contributed by atoms with Gasteiger partial charge in [-0.15, -0.1) is 0 Å². The molecule has 0 bridgehead atoms. The molecule has 1 atom stereocenters. The molecule has 1 heterocycles. The van der Waals surface area contributed by atoms with Crippen LogP contribution in [-0.2, 0) is 4.79 Å². The molecule has 1 aromatic rings. The Morgan fingerprint density at radius 1 is 1.35 bits per heavy atom. The predicted octanol–water partition coefficient (Wildman–Crippen LogP) is 2.78. The largest absolute Gasteiger partial charge is 0.496 e.